The van der Waals surface area contributed by atoms with Crippen LogP contribution in [0.25, 0.3) is 0 Å². The van der Waals surface area contributed by atoms with Crippen molar-refractivity contribution < 1.29 is 5.11 Å². The van der Waals surface area contributed by atoms with E-state index >= 15 is 0 Å². The maximum atomic E-state index is 9.21. The van der Waals surface area contributed by atoms with Gasteiger partial charge in [0.1, 0.15) is 0 Å². The van der Waals surface area contributed by atoms with E-state index in [1.165, 1.54) is 0 Å². The zero-order chi connectivity index (χ0) is 10.1. The summed E-state index contributed by atoms with van der Waals surface area (Å²) in [7, 11) is 0. The highest BCUT2D eigenvalue weighted by molar-refractivity contribution is 6.31. The fourth-order valence-corrected chi connectivity index (χ4v) is 2.11. The molecular formula is C11H14ClNO. The fourth-order valence-electron chi connectivity index (χ4n) is 1.81. The number of β-amino-alcohol motifs (C(OH)–C–C–N with tert-alkyl or cyclic N) is 1. The van der Waals surface area contributed by atoms with Crippen LogP contribution in [0.4, 0.5) is 0 Å². The second-order valence-corrected chi connectivity index (χ2v) is 4.21. The number of likely N-dealkylation sites (tertiary alicyclic amines) is 1. The molecule has 1 aromatic carbocycles. The Labute approximate surface area is 89.1 Å². The Hall–Kier alpha value is -0.570. The van der Waals surface area contributed by atoms with Crippen molar-refractivity contribution in [1.29, 1.82) is 0 Å². The van der Waals surface area contributed by atoms with Gasteiger partial charge in [-0.1, -0.05) is 29.8 Å². The molecule has 1 fully saturated rings. The minimum atomic E-state index is -0.153. The molecule has 0 aromatic heterocycles. The van der Waals surface area contributed by atoms with E-state index in [0.717, 1.165) is 23.7 Å². The Morgan fingerprint density at radius 1 is 1.43 bits per heavy atom. The van der Waals surface area contributed by atoms with Gasteiger partial charge in [0.05, 0.1) is 6.10 Å². The number of nitrogens with zero attached hydrogens (tertiary/aromatic N) is 1. The molecule has 0 amide bonds. The van der Waals surface area contributed by atoms with Crippen LogP contribution in [-0.2, 0) is 0 Å². The van der Waals surface area contributed by atoms with Crippen molar-refractivity contribution in [3.8, 4) is 0 Å². The summed E-state index contributed by atoms with van der Waals surface area (Å²) >= 11 is 6.09. The molecule has 0 aliphatic carbocycles. The molecule has 2 rings (SSSR count). The van der Waals surface area contributed by atoms with E-state index in [9.17, 15) is 5.11 Å². The molecule has 0 unspecified atom stereocenters. The molecule has 0 bridgehead atoms. The molecule has 3 heteroatoms. The van der Waals surface area contributed by atoms with Gasteiger partial charge in [-0.05, 0) is 18.6 Å². The second kappa shape index (κ2) is 3.89. The second-order valence-electron chi connectivity index (χ2n) is 3.81. The molecule has 1 heterocycles. The molecule has 1 atom stereocenters. The SMILES string of the molecule is C[C@@H](c1ccccc1Cl)N1CC(O)C1. The quantitative estimate of drug-likeness (QED) is 0.810. The van der Waals surface area contributed by atoms with Crippen LogP contribution in [0.5, 0.6) is 0 Å². The smallest absolute Gasteiger partial charge is 0.0794 e. The first-order valence-corrected chi connectivity index (χ1v) is 5.23. The van der Waals surface area contributed by atoms with Crippen molar-refractivity contribution in [2.75, 3.05) is 13.1 Å². The summed E-state index contributed by atoms with van der Waals surface area (Å²) in [6.45, 7) is 3.63. The van der Waals surface area contributed by atoms with Gasteiger partial charge in [-0.2, -0.15) is 0 Å². The number of halogens is 1. The van der Waals surface area contributed by atoms with Crippen LogP contribution in [0.1, 0.15) is 18.5 Å². The van der Waals surface area contributed by atoms with Crippen LogP contribution in [0.15, 0.2) is 24.3 Å². The molecule has 0 spiro atoms. The zero-order valence-corrected chi connectivity index (χ0v) is 8.91. The third-order valence-corrected chi connectivity index (χ3v) is 3.14. The number of aliphatic hydroxyl groups is 1. The van der Waals surface area contributed by atoms with E-state index in [1.54, 1.807) is 0 Å². The van der Waals surface area contributed by atoms with E-state index in [1.807, 2.05) is 24.3 Å². The van der Waals surface area contributed by atoms with E-state index in [4.69, 9.17) is 11.6 Å². The average molecular weight is 212 g/mol. The Bertz CT molecular complexity index is 323. The first kappa shape index (κ1) is 9.97. The number of rotatable bonds is 2. The van der Waals surface area contributed by atoms with Gasteiger partial charge in [0.15, 0.2) is 0 Å². The lowest BCUT2D eigenvalue weighted by molar-refractivity contribution is -0.0211. The minimum Gasteiger partial charge on any atom is -0.390 e. The van der Waals surface area contributed by atoms with Crippen LogP contribution >= 0.6 is 11.6 Å². The van der Waals surface area contributed by atoms with Gasteiger partial charge in [0, 0.05) is 24.2 Å². The third-order valence-electron chi connectivity index (χ3n) is 2.79. The van der Waals surface area contributed by atoms with Gasteiger partial charge < -0.3 is 5.11 Å². The maximum Gasteiger partial charge on any atom is 0.0794 e. The topological polar surface area (TPSA) is 23.5 Å². The van der Waals surface area contributed by atoms with Crippen LogP contribution in [0.3, 0.4) is 0 Å². The van der Waals surface area contributed by atoms with Crippen LogP contribution in [-0.4, -0.2) is 29.2 Å². The Morgan fingerprint density at radius 2 is 2.07 bits per heavy atom. The molecule has 1 aliphatic rings. The molecule has 14 heavy (non-hydrogen) atoms. The minimum absolute atomic E-state index is 0.153. The zero-order valence-electron chi connectivity index (χ0n) is 8.15. The Kier molecular flexibility index (Phi) is 2.77. The maximum absolute atomic E-state index is 9.21. The Morgan fingerprint density at radius 3 is 2.64 bits per heavy atom. The third kappa shape index (κ3) is 1.78. The lowest BCUT2D eigenvalue weighted by Crippen LogP contribution is -2.51. The summed E-state index contributed by atoms with van der Waals surface area (Å²) < 4.78 is 0. The number of hydrogen-bond donors (Lipinski definition) is 1. The highest BCUT2D eigenvalue weighted by Crippen LogP contribution is 2.29. The van der Waals surface area contributed by atoms with E-state index in [0.29, 0.717) is 6.04 Å². The number of aliphatic hydroxyl groups excluding tert-OH is 1. The van der Waals surface area contributed by atoms with E-state index < -0.39 is 0 Å². The summed E-state index contributed by atoms with van der Waals surface area (Å²) in [6.07, 6.45) is -0.153. The lowest BCUT2D eigenvalue weighted by atomic mass is 10.0. The van der Waals surface area contributed by atoms with Crippen LogP contribution < -0.4 is 0 Å². The standard InChI is InChI=1S/C11H14ClNO/c1-8(13-6-9(14)7-13)10-4-2-3-5-11(10)12/h2-5,8-9,14H,6-7H2,1H3/t8-/m0/s1. The van der Waals surface area contributed by atoms with Crippen molar-refractivity contribution in [2.45, 2.75) is 19.1 Å². The average Bonchev–Trinajstić information content (AvgIpc) is 2.13. The summed E-state index contributed by atoms with van der Waals surface area (Å²) in [5.74, 6) is 0. The molecule has 1 aromatic rings. The van der Waals surface area contributed by atoms with Crippen molar-refractivity contribution in [3.63, 3.8) is 0 Å². The lowest BCUT2D eigenvalue weighted by Gasteiger charge is -2.40. The normalized spacial score (nSPS) is 20.5. The van der Waals surface area contributed by atoms with E-state index in [-0.39, 0.29) is 6.10 Å². The summed E-state index contributed by atoms with van der Waals surface area (Å²) in [5, 5.41) is 10.0. The predicted octanol–water partition coefficient (Wildman–Crippen LogP) is 2.08. The highest BCUT2D eigenvalue weighted by atomic mass is 35.5. The van der Waals surface area contributed by atoms with E-state index in [2.05, 4.69) is 11.8 Å². The van der Waals surface area contributed by atoms with Crippen LogP contribution in [0.2, 0.25) is 5.02 Å². The summed E-state index contributed by atoms with van der Waals surface area (Å²) in [4.78, 5) is 2.21. The molecule has 0 radical (unpaired) electrons. The van der Waals surface area contributed by atoms with Crippen molar-refractivity contribution in [2.24, 2.45) is 0 Å². The number of hydrogen-bond acceptors (Lipinski definition) is 2. The summed E-state index contributed by atoms with van der Waals surface area (Å²) in [5.41, 5.74) is 1.14. The van der Waals surface area contributed by atoms with Crippen molar-refractivity contribution in [1.82, 2.24) is 4.90 Å². The van der Waals surface area contributed by atoms with Crippen molar-refractivity contribution >= 4 is 11.6 Å². The van der Waals surface area contributed by atoms with Gasteiger partial charge in [0.25, 0.3) is 0 Å². The first-order valence-electron chi connectivity index (χ1n) is 4.85. The molecule has 1 N–H and O–H groups in total. The largest absolute Gasteiger partial charge is 0.390 e. The van der Waals surface area contributed by atoms with Crippen LogP contribution in [0, 0.1) is 0 Å². The van der Waals surface area contributed by atoms with Gasteiger partial charge in [-0.25, -0.2) is 0 Å². The van der Waals surface area contributed by atoms with Gasteiger partial charge >= 0.3 is 0 Å². The fraction of sp³-hybridized carbons (Fsp3) is 0.455. The molecule has 76 valence electrons. The molecule has 2 nitrogen and oxygen atoms in total. The molecule has 0 saturated carbocycles. The molecular weight excluding hydrogens is 198 g/mol. The Balaban J connectivity index is 2.11. The molecule has 1 aliphatic heterocycles. The van der Waals surface area contributed by atoms with Gasteiger partial charge in [-0.3, -0.25) is 4.90 Å². The molecule has 1 saturated heterocycles. The van der Waals surface area contributed by atoms with Gasteiger partial charge in [0.2, 0.25) is 0 Å². The summed E-state index contributed by atoms with van der Waals surface area (Å²) in [6, 6.07) is 8.17. The highest BCUT2D eigenvalue weighted by Gasteiger charge is 2.29. The number of benzene rings is 1. The van der Waals surface area contributed by atoms with Gasteiger partial charge in [-0.15, -0.1) is 0 Å². The predicted molar refractivity (Wildman–Crippen MR) is 57.4 cm³/mol. The van der Waals surface area contributed by atoms with Crippen molar-refractivity contribution in [3.05, 3.63) is 34.9 Å². The first-order chi connectivity index (χ1) is 6.68. The monoisotopic (exact) mass is 211 g/mol.